The number of aryl methyl sites for hydroxylation is 1. The van der Waals surface area contributed by atoms with Crippen LogP contribution < -0.4 is 11.3 Å². The molecule has 98 valence electrons. The average Bonchev–Trinajstić information content (AvgIpc) is 2.83. The summed E-state index contributed by atoms with van der Waals surface area (Å²) in [4.78, 5) is 0. The van der Waals surface area contributed by atoms with Crippen molar-refractivity contribution in [2.45, 2.75) is 25.8 Å². The number of nitrogens with one attached hydrogen (secondary N) is 1. The summed E-state index contributed by atoms with van der Waals surface area (Å²) < 4.78 is 0. The molecule has 3 N–H and O–H groups in total. The average molecular weight is 252 g/mol. The molecule has 0 heterocycles. The maximum atomic E-state index is 5.82. The van der Waals surface area contributed by atoms with Gasteiger partial charge in [-0.2, -0.15) is 0 Å². The van der Waals surface area contributed by atoms with Crippen LogP contribution in [-0.4, -0.2) is 0 Å². The third-order valence-electron chi connectivity index (χ3n) is 4.13. The summed E-state index contributed by atoms with van der Waals surface area (Å²) in [7, 11) is 0. The van der Waals surface area contributed by atoms with Gasteiger partial charge >= 0.3 is 0 Å². The van der Waals surface area contributed by atoms with Gasteiger partial charge in [0, 0.05) is 6.04 Å². The third kappa shape index (κ3) is 2.42. The number of hydrogen-bond acceptors (Lipinski definition) is 2. The first-order valence-corrected chi connectivity index (χ1v) is 6.87. The quantitative estimate of drug-likeness (QED) is 0.651. The lowest BCUT2D eigenvalue weighted by Crippen LogP contribution is -2.34. The molecule has 0 fully saturated rings. The van der Waals surface area contributed by atoms with E-state index in [2.05, 4.69) is 60.9 Å². The molecule has 0 aromatic heterocycles. The van der Waals surface area contributed by atoms with Crippen LogP contribution in [0.15, 0.2) is 48.5 Å². The number of fused-ring (bicyclic) bond motifs is 1. The molecule has 2 heteroatoms. The summed E-state index contributed by atoms with van der Waals surface area (Å²) in [6, 6.07) is 17.6. The van der Waals surface area contributed by atoms with Gasteiger partial charge in [-0.3, -0.25) is 11.3 Å². The van der Waals surface area contributed by atoms with E-state index in [0.29, 0.717) is 5.92 Å². The summed E-state index contributed by atoms with van der Waals surface area (Å²) in [6.07, 6.45) is 2.22. The topological polar surface area (TPSA) is 38.0 Å². The third-order valence-corrected chi connectivity index (χ3v) is 4.13. The summed E-state index contributed by atoms with van der Waals surface area (Å²) in [5.74, 6) is 6.37. The van der Waals surface area contributed by atoms with Gasteiger partial charge in [0.15, 0.2) is 0 Å². The smallest absolute Gasteiger partial charge is 0.0494 e. The maximum absolute atomic E-state index is 5.82. The van der Waals surface area contributed by atoms with Crippen LogP contribution in [0.1, 0.15) is 28.3 Å². The predicted molar refractivity (Wildman–Crippen MR) is 78.6 cm³/mol. The molecule has 0 aliphatic heterocycles. The van der Waals surface area contributed by atoms with E-state index in [1.807, 2.05) is 0 Å². The maximum Gasteiger partial charge on any atom is 0.0494 e. The number of nitrogens with two attached hydrogens (primary N) is 1. The molecule has 2 aromatic carbocycles. The number of hydrogen-bond donors (Lipinski definition) is 2. The number of rotatable bonds is 3. The van der Waals surface area contributed by atoms with Crippen LogP contribution in [0, 0.1) is 12.8 Å². The van der Waals surface area contributed by atoms with Gasteiger partial charge in [0.2, 0.25) is 0 Å². The van der Waals surface area contributed by atoms with Gasteiger partial charge in [-0.05, 0) is 42.4 Å². The van der Waals surface area contributed by atoms with Crippen LogP contribution in [0.5, 0.6) is 0 Å². The van der Waals surface area contributed by atoms with Crippen LogP contribution in [0.25, 0.3) is 0 Å². The van der Waals surface area contributed by atoms with Crippen molar-refractivity contribution < 1.29 is 0 Å². The Morgan fingerprint density at radius 1 is 1.05 bits per heavy atom. The molecule has 0 amide bonds. The zero-order valence-corrected chi connectivity index (χ0v) is 11.3. The van der Waals surface area contributed by atoms with Gasteiger partial charge in [-0.1, -0.05) is 54.1 Å². The molecule has 2 aromatic rings. The van der Waals surface area contributed by atoms with Gasteiger partial charge in [0.25, 0.3) is 0 Å². The summed E-state index contributed by atoms with van der Waals surface area (Å²) >= 11 is 0. The van der Waals surface area contributed by atoms with Crippen molar-refractivity contribution in [2.24, 2.45) is 11.8 Å². The Kier molecular flexibility index (Phi) is 3.36. The van der Waals surface area contributed by atoms with E-state index in [-0.39, 0.29) is 6.04 Å². The minimum atomic E-state index is 0.229. The van der Waals surface area contributed by atoms with E-state index in [1.165, 1.54) is 22.3 Å². The minimum absolute atomic E-state index is 0.229. The number of benzene rings is 2. The standard InChI is InChI=1S/C17H20N2/c1-12-5-4-8-15(9-12)17(19-18)16-10-13-6-2-3-7-14(13)11-16/h2-9,16-17,19H,10-11,18H2,1H3. The molecule has 0 spiro atoms. The second kappa shape index (κ2) is 5.16. The van der Waals surface area contributed by atoms with E-state index in [9.17, 15) is 0 Å². The van der Waals surface area contributed by atoms with Gasteiger partial charge in [-0.25, -0.2) is 0 Å². The zero-order valence-electron chi connectivity index (χ0n) is 11.3. The largest absolute Gasteiger partial charge is 0.271 e. The Morgan fingerprint density at radius 3 is 2.32 bits per heavy atom. The summed E-state index contributed by atoms with van der Waals surface area (Å²) in [5.41, 5.74) is 8.54. The van der Waals surface area contributed by atoms with Crippen LogP contribution >= 0.6 is 0 Å². The first kappa shape index (κ1) is 12.4. The van der Waals surface area contributed by atoms with Gasteiger partial charge in [0.1, 0.15) is 0 Å². The zero-order chi connectivity index (χ0) is 13.2. The second-order valence-corrected chi connectivity index (χ2v) is 5.50. The highest BCUT2D eigenvalue weighted by molar-refractivity contribution is 5.34. The summed E-state index contributed by atoms with van der Waals surface area (Å²) in [6.45, 7) is 2.13. The van der Waals surface area contributed by atoms with E-state index >= 15 is 0 Å². The van der Waals surface area contributed by atoms with Crippen molar-refractivity contribution in [3.8, 4) is 0 Å². The first-order chi connectivity index (χ1) is 9.28. The molecule has 0 bridgehead atoms. The molecular weight excluding hydrogens is 232 g/mol. The van der Waals surface area contributed by atoms with Gasteiger partial charge in [-0.15, -0.1) is 0 Å². The lowest BCUT2D eigenvalue weighted by atomic mass is 9.90. The Hall–Kier alpha value is -1.64. The molecule has 0 saturated heterocycles. The second-order valence-electron chi connectivity index (χ2n) is 5.50. The van der Waals surface area contributed by atoms with Crippen molar-refractivity contribution in [3.63, 3.8) is 0 Å². The van der Waals surface area contributed by atoms with Crippen LogP contribution in [0.3, 0.4) is 0 Å². The van der Waals surface area contributed by atoms with E-state index < -0.39 is 0 Å². The molecule has 1 atom stereocenters. The normalized spacial score (nSPS) is 16.3. The molecule has 0 saturated carbocycles. The molecule has 19 heavy (non-hydrogen) atoms. The van der Waals surface area contributed by atoms with Crippen molar-refractivity contribution in [1.82, 2.24) is 5.43 Å². The van der Waals surface area contributed by atoms with Crippen molar-refractivity contribution in [3.05, 3.63) is 70.8 Å². The fourth-order valence-electron chi connectivity index (χ4n) is 3.20. The molecule has 3 rings (SSSR count). The van der Waals surface area contributed by atoms with E-state index in [0.717, 1.165) is 12.8 Å². The van der Waals surface area contributed by atoms with Crippen LogP contribution in [0.2, 0.25) is 0 Å². The fourth-order valence-corrected chi connectivity index (χ4v) is 3.20. The predicted octanol–water partition coefficient (Wildman–Crippen LogP) is 2.91. The molecule has 2 nitrogen and oxygen atoms in total. The highest BCUT2D eigenvalue weighted by Gasteiger charge is 2.28. The number of hydrazine groups is 1. The Balaban J connectivity index is 1.86. The van der Waals surface area contributed by atoms with E-state index in [4.69, 9.17) is 5.84 Å². The Bertz CT molecular complexity index is 552. The van der Waals surface area contributed by atoms with Crippen molar-refractivity contribution in [2.75, 3.05) is 0 Å². The summed E-state index contributed by atoms with van der Waals surface area (Å²) in [5, 5.41) is 0. The van der Waals surface area contributed by atoms with Gasteiger partial charge in [0.05, 0.1) is 0 Å². The monoisotopic (exact) mass is 252 g/mol. The van der Waals surface area contributed by atoms with Crippen molar-refractivity contribution in [1.29, 1.82) is 0 Å². The SMILES string of the molecule is Cc1cccc(C(NN)C2Cc3ccccc3C2)c1. The molecular formula is C17H20N2. The van der Waals surface area contributed by atoms with Crippen molar-refractivity contribution >= 4 is 0 Å². The molecule has 1 unspecified atom stereocenters. The fraction of sp³-hybridized carbons (Fsp3) is 0.294. The Morgan fingerprint density at radius 2 is 1.74 bits per heavy atom. The molecule has 0 radical (unpaired) electrons. The van der Waals surface area contributed by atoms with Crippen LogP contribution in [0.4, 0.5) is 0 Å². The van der Waals surface area contributed by atoms with E-state index in [1.54, 1.807) is 0 Å². The lowest BCUT2D eigenvalue weighted by Gasteiger charge is -2.23. The lowest BCUT2D eigenvalue weighted by molar-refractivity contribution is 0.379. The van der Waals surface area contributed by atoms with Crippen LogP contribution in [-0.2, 0) is 12.8 Å². The van der Waals surface area contributed by atoms with Gasteiger partial charge < -0.3 is 0 Å². The Labute approximate surface area is 114 Å². The molecule has 1 aliphatic carbocycles. The highest BCUT2D eigenvalue weighted by atomic mass is 15.2. The molecule has 1 aliphatic rings. The first-order valence-electron chi connectivity index (χ1n) is 6.87. The minimum Gasteiger partial charge on any atom is -0.271 e. The highest BCUT2D eigenvalue weighted by Crippen LogP contribution is 2.34.